The van der Waals surface area contributed by atoms with Gasteiger partial charge in [-0.3, -0.25) is 4.79 Å². The van der Waals surface area contributed by atoms with Crippen LogP contribution < -0.4 is 16.2 Å². The third kappa shape index (κ3) is 8.33. The Morgan fingerprint density at radius 3 is 2.12 bits per heavy atom. The largest absolute Gasteiger partial charge is 0.494 e. The number of carbonyl (C=O) groups is 2. The minimum atomic E-state index is -1.05. The summed E-state index contributed by atoms with van der Waals surface area (Å²) >= 11 is 0. The molecule has 0 saturated carbocycles. The molecule has 0 aromatic heterocycles. The fraction of sp³-hybridized carbons (Fsp3) is 0.222. The zero-order chi connectivity index (χ0) is 29.9. The summed E-state index contributed by atoms with van der Waals surface area (Å²) in [5, 5.41) is 9.44. The maximum absolute atomic E-state index is 12.7. The Morgan fingerprint density at radius 1 is 0.810 bits per heavy atom. The molecule has 0 fully saturated rings. The van der Waals surface area contributed by atoms with Gasteiger partial charge in [0.25, 0.3) is 0 Å². The van der Waals surface area contributed by atoms with Crippen molar-refractivity contribution in [1.82, 2.24) is 0 Å². The van der Waals surface area contributed by atoms with Crippen LogP contribution in [-0.4, -0.2) is 23.5 Å². The van der Waals surface area contributed by atoms with E-state index in [1.165, 1.54) is 30.9 Å². The van der Waals surface area contributed by atoms with E-state index in [1.54, 1.807) is 18.2 Å². The van der Waals surface area contributed by atoms with Gasteiger partial charge in [0, 0.05) is 16.9 Å². The van der Waals surface area contributed by atoms with Gasteiger partial charge in [-0.1, -0.05) is 86.5 Å². The summed E-state index contributed by atoms with van der Waals surface area (Å²) in [4.78, 5) is 24.3. The summed E-state index contributed by atoms with van der Waals surface area (Å²) in [5.41, 5.74) is 18.2. The van der Waals surface area contributed by atoms with Gasteiger partial charge in [0.05, 0.1) is 12.2 Å². The van der Waals surface area contributed by atoms with Crippen LogP contribution in [0.15, 0.2) is 91.0 Å². The highest BCUT2D eigenvalue weighted by Gasteiger charge is 2.14. The van der Waals surface area contributed by atoms with Crippen molar-refractivity contribution in [2.75, 3.05) is 18.1 Å². The normalized spacial score (nSPS) is 11.1. The van der Waals surface area contributed by atoms with Crippen LogP contribution >= 0.6 is 0 Å². The Balaban J connectivity index is 1.26. The SMILES string of the molecule is CCCCCc1ccc(-c2ccc(C(=O)/C=C/c3ccc(OCCCc4c(N)cc(N)cc4C(=O)O)cc3)cc2)cc1. The number of nitrogen functional groups attached to an aromatic ring is 2. The maximum Gasteiger partial charge on any atom is 0.336 e. The third-order valence-electron chi connectivity index (χ3n) is 7.21. The Kier molecular flexibility index (Phi) is 10.5. The van der Waals surface area contributed by atoms with Crippen molar-refractivity contribution in [3.63, 3.8) is 0 Å². The first-order valence-corrected chi connectivity index (χ1v) is 14.4. The summed E-state index contributed by atoms with van der Waals surface area (Å²) in [6, 6.07) is 26.8. The molecule has 5 N–H and O–H groups in total. The van der Waals surface area contributed by atoms with E-state index in [0.717, 1.165) is 23.1 Å². The van der Waals surface area contributed by atoms with Crippen molar-refractivity contribution in [1.29, 1.82) is 0 Å². The van der Waals surface area contributed by atoms with Gasteiger partial charge < -0.3 is 21.3 Å². The van der Waals surface area contributed by atoms with E-state index in [9.17, 15) is 14.7 Å². The van der Waals surface area contributed by atoms with Crippen LogP contribution in [0.4, 0.5) is 11.4 Å². The van der Waals surface area contributed by atoms with Crippen LogP contribution in [0.5, 0.6) is 5.75 Å². The molecule has 4 aromatic carbocycles. The monoisotopic (exact) mass is 562 g/mol. The van der Waals surface area contributed by atoms with Crippen molar-refractivity contribution in [3.05, 3.63) is 119 Å². The van der Waals surface area contributed by atoms with E-state index in [4.69, 9.17) is 16.2 Å². The Labute approximate surface area is 247 Å². The zero-order valence-corrected chi connectivity index (χ0v) is 24.0. The predicted molar refractivity (Wildman–Crippen MR) is 171 cm³/mol. The Bertz CT molecular complexity index is 1520. The topological polar surface area (TPSA) is 116 Å². The number of aromatic carboxylic acids is 1. The zero-order valence-electron chi connectivity index (χ0n) is 24.0. The fourth-order valence-electron chi connectivity index (χ4n) is 4.84. The standard InChI is InChI=1S/C36H38N2O4/c1-2-3-4-6-25-8-13-27(14-9-25)28-15-17-29(18-16-28)35(39)21-12-26-10-19-31(20-11-26)42-22-5-7-32-33(36(40)41)23-30(37)24-34(32)38/h8-21,23-24H,2-7,22,37-38H2,1H3,(H,40,41)/b21-12+. The molecule has 42 heavy (non-hydrogen) atoms. The van der Waals surface area contributed by atoms with Crippen molar-refractivity contribution < 1.29 is 19.4 Å². The number of allylic oxidation sites excluding steroid dienone is 1. The lowest BCUT2D eigenvalue weighted by Crippen LogP contribution is -2.09. The van der Waals surface area contributed by atoms with Gasteiger partial charge >= 0.3 is 5.97 Å². The number of carboxylic acid groups (broad SMARTS) is 1. The highest BCUT2D eigenvalue weighted by atomic mass is 16.5. The third-order valence-corrected chi connectivity index (χ3v) is 7.21. The van der Waals surface area contributed by atoms with E-state index in [-0.39, 0.29) is 11.3 Å². The van der Waals surface area contributed by atoms with Crippen LogP contribution in [0.25, 0.3) is 17.2 Å². The average molecular weight is 563 g/mol. The van der Waals surface area contributed by atoms with Crippen LogP contribution in [0.2, 0.25) is 0 Å². The molecule has 0 unspecified atom stereocenters. The first kappa shape index (κ1) is 30.1. The fourth-order valence-corrected chi connectivity index (χ4v) is 4.84. The van der Waals surface area contributed by atoms with Crippen LogP contribution in [0.3, 0.4) is 0 Å². The quantitative estimate of drug-likeness (QED) is 0.0624. The average Bonchev–Trinajstić information content (AvgIpc) is 3.00. The molecule has 0 bridgehead atoms. The van der Waals surface area contributed by atoms with Gasteiger partial charge in [-0.15, -0.1) is 0 Å². The molecule has 0 spiro atoms. The minimum absolute atomic E-state index is 0.0594. The van der Waals surface area contributed by atoms with Crippen LogP contribution in [0, 0.1) is 0 Å². The number of nitrogens with two attached hydrogens (primary N) is 2. The molecular weight excluding hydrogens is 524 g/mol. The highest BCUT2D eigenvalue weighted by Crippen LogP contribution is 2.24. The maximum atomic E-state index is 12.7. The summed E-state index contributed by atoms with van der Waals surface area (Å²) in [5.74, 6) is -0.426. The van der Waals surface area contributed by atoms with Gasteiger partial charge in [0.15, 0.2) is 5.78 Å². The number of carboxylic acids is 1. The lowest BCUT2D eigenvalue weighted by Gasteiger charge is -2.11. The Hall–Kier alpha value is -4.84. The number of hydrogen-bond donors (Lipinski definition) is 3. The summed E-state index contributed by atoms with van der Waals surface area (Å²) in [6.07, 6.45) is 9.23. The molecule has 0 amide bonds. The Morgan fingerprint density at radius 2 is 1.48 bits per heavy atom. The number of benzene rings is 4. The molecule has 0 radical (unpaired) electrons. The van der Waals surface area contributed by atoms with Gasteiger partial charge in [-0.25, -0.2) is 4.79 Å². The lowest BCUT2D eigenvalue weighted by atomic mass is 9.99. The van der Waals surface area contributed by atoms with Crippen LogP contribution in [0.1, 0.15) is 70.0 Å². The molecule has 0 saturated heterocycles. The second-order valence-corrected chi connectivity index (χ2v) is 10.4. The van der Waals surface area contributed by atoms with E-state index >= 15 is 0 Å². The van der Waals surface area contributed by atoms with E-state index in [0.29, 0.717) is 47.7 Å². The molecule has 6 heteroatoms. The number of rotatable bonds is 14. The molecule has 0 aliphatic heterocycles. The molecule has 0 aliphatic rings. The number of anilines is 2. The molecule has 0 atom stereocenters. The molecule has 6 nitrogen and oxygen atoms in total. The second kappa shape index (κ2) is 14.7. The molecule has 0 aliphatic carbocycles. The summed E-state index contributed by atoms with van der Waals surface area (Å²) < 4.78 is 5.81. The molecule has 0 heterocycles. The smallest absolute Gasteiger partial charge is 0.336 e. The molecule has 216 valence electrons. The van der Waals surface area contributed by atoms with E-state index in [2.05, 4.69) is 31.2 Å². The van der Waals surface area contributed by atoms with Crippen molar-refractivity contribution in [2.24, 2.45) is 0 Å². The van der Waals surface area contributed by atoms with Crippen molar-refractivity contribution in [2.45, 2.75) is 45.4 Å². The van der Waals surface area contributed by atoms with E-state index in [1.807, 2.05) is 48.5 Å². The first-order valence-electron chi connectivity index (χ1n) is 14.4. The first-order chi connectivity index (χ1) is 20.3. The number of carbonyl (C=O) groups excluding carboxylic acids is 1. The van der Waals surface area contributed by atoms with Gasteiger partial charge in [-0.2, -0.15) is 0 Å². The van der Waals surface area contributed by atoms with Crippen molar-refractivity contribution >= 4 is 29.2 Å². The highest BCUT2D eigenvalue weighted by molar-refractivity contribution is 6.07. The predicted octanol–water partition coefficient (Wildman–Crippen LogP) is 7.86. The minimum Gasteiger partial charge on any atom is -0.494 e. The number of unbranched alkanes of at least 4 members (excludes halogenated alkanes) is 2. The molecule has 4 rings (SSSR count). The number of hydrogen-bond acceptors (Lipinski definition) is 5. The van der Waals surface area contributed by atoms with E-state index < -0.39 is 5.97 Å². The van der Waals surface area contributed by atoms with Gasteiger partial charge in [-0.05, 0) is 83.8 Å². The number of ketones is 1. The van der Waals surface area contributed by atoms with Crippen molar-refractivity contribution in [3.8, 4) is 16.9 Å². The summed E-state index contributed by atoms with van der Waals surface area (Å²) in [6.45, 7) is 2.62. The lowest BCUT2D eigenvalue weighted by molar-refractivity contribution is 0.0695. The second-order valence-electron chi connectivity index (χ2n) is 10.4. The van der Waals surface area contributed by atoms with Gasteiger partial charge in [0.1, 0.15) is 5.75 Å². The molecule has 4 aromatic rings. The number of aryl methyl sites for hydroxylation is 1. The summed E-state index contributed by atoms with van der Waals surface area (Å²) in [7, 11) is 0. The number of ether oxygens (including phenoxy) is 1. The van der Waals surface area contributed by atoms with Crippen LogP contribution in [-0.2, 0) is 12.8 Å². The van der Waals surface area contributed by atoms with Gasteiger partial charge in [0.2, 0.25) is 0 Å². The molecular formula is C36H38N2O4.